The van der Waals surface area contributed by atoms with Gasteiger partial charge in [0.2, 0.25) is 0 Å². The van der Waals surface area contributed by atoms with Crippen LogP contribution in [-0.2, 0) is 6.54 Å². The minimum atomic E-state index is -0.0492. The van der Waals surface area contributed by atoms with Crippen LogP contribution in [0.15, 0.2) is 54.7 Å². The number of benzene rings is 2. The second-order valence-electron chi connectivity index (χ2n) is 6.46. The average Bonchev–Trinajstić information content (AvgIpc) is 2.67. The zero-order valence-electron chi connectivity index (χ0n) is 15.5. The Morgan fingerprint density at radius 3 is 2.65 bits per heavy atom. The molecule has 1 amide bonds. The summed E-state index contributed by atoms with van der Waals surface area (Å²) in [5.74, 6) is 0.791. The van der Waals surface area contributed by atoms with Gasteiger partial charge in [0.25, 0.3) is 5.91 Å². The number of hydrogen-bond donors (Lipinski definition) is 0. The monoisotopic (exact) mass is 348 g/mol. The minimum Gasteiger partial charge on any atom is -0.493 e. The lowest BCUT2D eigenvalue weighted by molar-refractivity contribution is 0.0784. The highest BCUT2D eigenvalue weighted by atomic mass is 16.5. The summed E-state index contributed by atoms with van der Waals surface area (Å²) >= 11 is 0. The summed E-state index contributed by atoms with van der Waals surface area (Å²) in [5.41, 5.74) is 2.52. The highest BCUT2D eigenvalue weighted by Gasteiger charge is 2.16. The van der Waals surface area contributed by atoms with Gasteiger partial charge in [-0.15, -0.1) is 0 Å². The molecule has 0 spiro atoms. The number of rotatable bonds is 6. The maximum Gasteiger partial charge on any atom is 0.255 e. The number of carbonyl (C=O) groups excluding carboxylic acids is 1. The van der Waals surface area contributed by atoms with E-state index in [1.54, 1.807) is 11.1 Å². The zero-order chi connectivity index (χ0) is 18.5. The van der Waals surface area contributed by atoms with Crippen molar-refractivity contribution in [3.63, 3.8) is 0 Å². The molecule has 0 radical (unpaired) electrons. The molecular formula is C22H24N2O2. The molecule has 0 saturated heterocycles. The van der Waals surface area contributed by atoms with Gasteiger partial charge in [0.05, 0.1) is 12.2 Å². The van der Waals surface area contributed by atoms with Crippen LogP contribution in [0.5, 0.6) is 5.75 Å². The maximum absolute atomic E-state index is 12.8. The first-order valence-corrected chi connectivity index (χ1v) is 8.91. The first-order chi connectivity index (χ1) is 12.6. The number of ether oxygens (including phenoxy) is 1. The largest absolute Gasteiger partial charge is 0.493 e. The molecule has 0 N–H and O–H groups in total. The van der Waals surface area contributed by atoms with Crippen LogP contribution < -0.4 is 4.74 Å². The summed E-state index contributed by atoms with van der Waals surface area (Å²) in [6.45, 7) is 5.13. The van der Waals surface area contributed by atoms with Crippen molar-refractivity contribution in [2.75, 3.05) is 13.7 Å². The van der Waals surface area contributed by atoms with E-state index in [4.69, 9.17) is 4.74 Å². The van der Waals surface area contributed by atoms with Crippen LogP contribution in [0.25, 0.3) is 10.8 Å². The van der Waals surface area contributed by atoms with Crippen LogP contribution >= 0.6 is 0 Å². The average molecular weight is 348 g/mol. The molecule has 0 atom stereocenters. The Kier molecular flexibility index (Phi) is 5.52. The van der Waals surface area contributed by atoms with Gasteiger partial charge in [0, 0.05) is 31.0 Å². The van der Waals surface area contributed by atoms with Crippen molar-refractivity contribution in [1.29, 1.82) is 0 Å². The lowest BCUT2D eigenvalue weighted by Gasteiger charge is -2.21. The third kappa shape index (κ3) is 3.85. The molecule has 4 nitrogen and oxygen atoms in total. The van der Waals surface area contributed by atoms with Crippen molar-refractivity contribution >= 4 is 16.7 Å². The van der Waals surface area contributed by atoms with Gasteiger partial charge in [0.1, 0.15) is 5.75 Å². The maximum atomic E-state index is 12.8. The number of carbonyl (C=O) groups is 1. The number of pyridine rings is 1. The van der Waals surface area contributed by atoms with Gasteiger partial charge < -0.3 is 9.64 Å². The van der Waals surface area contributed by atoms with E-state index in [1.807, 2.05) is 44.3 Å². The number of aryl methyl sites for hydroxylation is 1. The molecule has 0 unspecified atom stereocenters. The van der Waals surface area contributed by atoms with Crippen LogP contribution in [0.1, 0.15) is 35.0 Å². The highest BCUT2D eigenvalue weighted by molar-refractivity contribution is 5.94. The highest BCUT2D eigenvalue weighted by Crippen LogP contribution is 2.29. The summed E-state index contributed by atoms with van der Waals surface area (Å²) in [6.07, 6.45) is 2.57. The van der Waals surface area contributed by atoms with Gasteiger partial charge in [-0.05, 0) is 42.3 Å². The molecular weight excluding hydrogens is 324 g/mol. The summed E-state index contributed by atoms with van der Waals surface area (Å²) in [7, 11) is 1.81. The Balaban J connectivity index is 1.92. The standard InChI is InChI=1S/C22H24N2O2/c1-4-13-26-21-12-11-17-7-5-6-8-19(17)20(21)15-24(3)22(25)18-10-9-16(2)23-14-18/h5-12,14H,4,13,15H2,1-3H3. The second-order valence-corrected chi connectivity index (χ2v) is 6.46. The molecule has 0 aliphatic rings. The van der Waals surface area contributed by atoms with Crippen molar-refractivity contribution in [3.8, 4) is 5.75 Å². The molecule has 0 aliphatic carbocycles. The first kappa shape index (κ1) is 17.9. The van der Waals surface area contributed by atoms with Gasteiger partial charge in [0.15, 0.2) is 0 Å². The van der Waals surface area contributed by atoms with Gasteiger partial charge in [-0.2, -0.15) is 0 Å². The molecule has 2 aromatic carbocycles. The van der Waals surface area contributed by atoms with Gasteiger partial charge >= 0.3 is 0 Å². The number of amides is 1. The van der Waals surface area contributed by atoms with Crippen molar-refractivity contribution in [2.45, 2.75) is 26.8 Å². The molecule has 3 aromatic rings. The Bertz CT molecular complexity index is 904. The molecule has 0 aliphatic heterocycles. The van der Waals surface area contributed by atoms with Crippen LogP contribution in [0, 0.1) is 6.92 Å². The SMILES string of the molecule is CCCOc1ccc2ccccc2c1CN(C)C(=O)c1ccc(C)nc1. The predicted molar refractivity (Wildman–Crippen MR) is 105 cm³/mol. The summed E-state index contributed by atoms with van der Waals surface area (Å²) in [5, 5.41) is 2.26. The molecule has 0 bridgehead atoms. The van der Waals surface area contributed by atoms with E-state index in [0.717, 1.165) is 34.2 Å². The third-order valence-corrected chi connectivity index (χ3v) is 4.36. The lowest BCUT2D eigenvalue weighted by atomic mass is 10.0. The molecule has 1 aromatic heterocycles. The van der Waals surface area contributed by atoms with E-state index in [2.05, 4.69) is 30.1 Å². The van der Waals surface area contributed by atoms with E-state index in [-0.39, 0.29) is 5.91 Å². The second kappa shape index (κ2) is 8.00. The van der Waals surface area contributed by atoms with Crippen molar-refractivity contribution in [3.05, 3.63) is 71.5 Å². The molecule has 4 heteroatoms. The third-order valence-electron chi connectivity index (χ3n) is 4.36. The smallest absolute Gasteiger partial charge is 0.255 e. The van der Waals surface area contributed by atoms with E-state index >= 15 is 0 Å². The van der Waals surface area contributed by atoms with E-state index < -0.39 is 0 Å². The quantitative estimate of drug-likeness (QED) is 0.653. The zero-order valence-corrected chi connectivity index (χ0v) is 15.5. The first-order valence-electron chi connectivity index (χ1n) is 8.91. The topological polar surface area (TPSA) is 42.4 Å². The Morgan fingerprint density at radius 1 is 1.12 bits per heavy atom. The van der Waals surface area contributed by atoms with Crippen LogP contribution in [0.2, 0.25) is 0 Å². The van der Waals surface area contributed by atoms with E-state index in [0.29, 0.717) is 18.7 Å². The lowest BCUT2D eigenvalue weighted by Crippen LogP contribution is -2.26. The molecule has 3 rings (SSSR count). The predicted octanol–water partition coefficient (Wildman–Crippen LogP) is 4.60. The van der Waals surface area contributed by atoms with Crippen molar-refractivity contribution in [1.82, 2.24) is 9.88 Å². The number of aromatic nitrogens is 1. The summed E-state index contributed by atoms with van der Waals surface area (Å²) < 4.78 is 5.95. The number of fused-ring (bicyclic) bond motifs is 1. The number of hydrogen-bond acceptors (Lipinski definition) is 3. The van der Waals surface area contributed by atoms with Crippen LogP contribution in [0.4, 0.5) is 0 Å². The normalized spacial score (nSPS) is 10.7. The minimum absolute atomic E-state index is 0.0492. The molecule has 1 heterocycles. The van der Waals surface area contributed by atoms with E-state index in [1.165, 1.54) is 0 Å². The fourth-order valence-electron chi connectivity index (χ4n) is 2.95. The van der Waals surface area contributed by atoms with Crippen molar-refractivity contribution < 1.29 is 9.53 Å². The molecule has 0 saturated carbocycles. The van der Waals surface area contributed by atoms with Crippen molar-refractivity contribution in [2.24, 2.45) is 0 Å². The summed E-state index contributed by atoms with van der Waals surface area (Å²) in [4.78, 5) is 18.7. The Morgan fingerprint density at radius 2 is 1.92 bits per heavy atom. The molecule has 134 valence electrons. The van der Waals surface area contributed by atoms with Crippen LogP contribution in [0.3, 0.4) is 0 Å². The number of nitrogens with zero attached hydrogens (tertiary/aromatic N) is 2. The van der Waals surface area contributed by atoms with E-state index in [9.17, 15) is 4.79 Å². The van der Waals surface area contributed by atoms with Crippen LogP contribution in [-0.4, -0.2) is 29.4 Å². The summed E-state index contributed by atoms with van der Waals surface area (Å²) in [6, 6.07) is 15.9. The van der Waals surface area contributed by atoms with Gasteiger partial charge in [-0.3, -0.25) is 9.78 Å². The Labute approximate surface area is 154 Å². The molecule has 26 heavy (non-hydrogen) atoms. The van der Waals surface area contributed by atoms with Gasteiger partial charge in [-0.1, -0.05) is 37.3 Å². The fourth-order valence-corrected chi connectivity index (χ4v) is 2.95. The fraction of sp³-hybridized carbons (Fsp3) is 0.273. The Hall–Kier alpha value is -2.88. The van der Waals surface area contributed by atoms with Gasteiger partial charge in [-0.25, -0.2) is 0 Å². The molecule has 0 fully saturated rings.